The lowest BCUT2D eigenvalue weighted by molar-refractivity contribution is -0.00581. The smallest absolute Gasteiger partial charge is 0.0647 e. The molecule has 0 radical (unpaired) electrons. The zero-order valence-electron chi connectivity index (χ0n) is 8.60. The van der Waals surface area contributed by atoms with Gasteiger partial charge in [-0.05, 0) is 32.2 Å². The first-order valence-electron chi connectivity index (χ1n) is 5.69. The van der Waals surface area contributed by atoms with Crippen molar-refractivity contribution in [1.29, 1.82) is 0 Å². The molecule has 2 heteroatoms. The van der Waals surface area contributed by atoms with Crippen molar-refractivity contribution in [2.45, 2.75) is 63.4 Å². The van der Waals surface area contributed by atoms with E-state index < -0.39 is 0 Å². The lowest BCUT2D eigenvalue weighted by Crippen LogP contribution is -2.31. The molecule has 0 aliphatic heterocycles. The van der Waals surface area contributed by atoms with Crippen LogP contribution in [0.5, 0.6) is 0 Å². The van der Waals surface area contributed by atoms with Crippen LogP contribution in [0.15, 0.2) is 0 Å². The second-order valence-corrected chi connectivity index (χ2v) is 4.38. The van der Waals surface area contributed by atoms with Gasteiger partial charge in [-0.1, -0.05) is 32.1 Å². The zero-order valence-corrected chi connectivity index (χ0v) is 8.60. The minimum absolute atomic E-state index is 0.313. The van der Waals surface area contributed by atoms with Gasteiger partial charge in [0.1, 0.15) is 0 Å². The van der Waals surface area contributed by atoms with E-state index in [9.17, 15) is 5.11 Å². The van der Waals surface area contributed by atoms with Crippen LogP contribution in [0.25, 0.3) is 0 Å². The van der Waals surface area contributed by atoms with Gasteiger partial charge in [0.25, 0.3) is 0 Å². The average molecular weight is 185 g/mol. The number of nitrogens with two attached hydrogens (primary N) is 1. The predicted octanol–water partition coefficient (Wildman–Crippen LogP) is 2.20. The Balaban J connectivity index is 2.10. The minimum Gasteiger partial charge on any atom is -0.390 e. The third-order valence-electron chi connectivity index (χ3n) is 3.13. The van der Waals surface area contributed by atoms with Gasteiger partial charge in [-0.15, -0.1) is 0 Å². The van der Waals surface area contributed by atoms with Gasteiger partial charge >= 0.3 is 0 Å². The molecule has 0 bridgehead atoms. The molecular formula is C11H23NO. The van der Waals surface area contributed by atoms with E-state index in [0.29, 0.717) is 0 Å². The molecule has 1 aliphatic rings. The number of hydrogen-bond donors (Lipinski definition) is 2. The first-order chi connectivity index (χ1) is 6.27. The van der Waals surface area contributed by atoms with Gasteiger partial charge in [0.2, 0.25) is 0 Å². The molecule has 0 unspecified atom stereocenters. The molecule has 0 heterocycles. The third-order valence-corrected chi connectivity index (χ3v) is 3.13. The Morgan fingerprint density at radius 2 is 1.69 bits per heavy atom. The van der Waals surface area contributed by atoms with E-state index in [0.717, 1.165) is 38.6 Å². The molecule has 0 aromatic rings. The first-order valence-corrected chi connectivity index (χ1v) is 5.69. The fourth-order valence-electron chi connectivity index (χ4n) is 2.24. The summed E-state index contributed by atoms with van der Waals surface area (Å²) < 4.78 is 0. The highest BCUT2D eigenvalue weighted by Crippen LogP contribution is 2.32. The second-order valence-electron chi connectivity index (χ2n) is 4.38. The Labute approximate surface area is 81.5 Å². The molecule has 0 amide bonds. The number of unbranched alkanes of at least 4 members (excludes halogenated alkanes) is 2. The van der Waals surface area contributed by atoms with Crippen molar-refractivity contribution in [1.82, 2.24) is 0 Å². The molecule has 78 valence electrons. The van der Waals surface area contributed by atoms with Crippen molar-refractivity contribution < 1.29 is 5.11 Å². The fraction of sp³-hybridized carbons (Fsp3) is 1.00. The quantitative estimate of drug-likeness (QED) is 0.645. The van der Waals surface area contributed by atoms with Crippen molar-refractivity contribution in [3.05, 3.63) is 0 Å². The standard InChI is InChI=1S/C11H23NO/c12-10-6-2-5-9-11(13)7-3-1-4-8-11/h13H,1-10,12H2. The van der Waals surface area contributed by atoms with Gasteiger partial charge < -0.3 is 10.8 Å². The molecule has 0 aromatic heterocycles. The van der Waals surface area contributed by atoms with Crippen molar-refractivity contribution in [2.24, 2.45) is 5.73 Å². The van der Waals surface area contributed by atoms with Crippen LogP contribution in [0, 0.1) is 0 Å². The summed E-state index contributed by atoms with van der Waals surface area (Å²) in [6, 6.07) is 0. The molecule has 1 fully saturated rings. The molecule has 0 saturated heterocycles. The maximum Gasteiger partial charge on any atom is 0.0647 e. The Morgan fingerprint density at radius 1 is 1.00 bits per heavy atom. The average Bonchev–Trinajstić information content (AvgIpc) is 2.14. The normalized spacial score (nSPS) is 21.7. The van der Waals surface area contributed by atoms with E-state index in [1.54, 1.807) is 0 Å². The minimum atomic E-state index is -0.313. The molecule has 13 heavy (non-hydrogen) atoms. The van der Waals surface area contributed by atoms with Crippen LogP contribution in [0.2, 0.25) is 0 Å². The first kappa shape index (κ1) is 11.0. The lowest BCUT2D eigenvalue weighted by Gasteiger charge is -2.32. The third kappa shape index (κ3) is 4.10. The van der Waals surface area contributed by atoms with Crippen LogP contribution in [0.4, 0.5) is 0 Å². The predicted molar refractivity (Wildman–Crippen MR) is 55.6 cm³/mol. The summed E-state index contributed by atoms with van der Waals surface area (Å²) in [6.07, 6.45) is 10.2. The van der Waals surface area contributed by atoms with Gasteiger partial charge in [0.05, 0.1) is 5.60 Å². The molecule has 1 saturated carbocycles. The van der Waals surface area contributed by atoms with E-state index in [1.165, 1.54) is 25.7 Å². The van der Waals surface area contributed by atoms with Gasteiger partial charge in [-0.25, -0.2) is 0 Å². The molecule has 1 rings (SSSR count). The van der Waals surface area contributed by atoms with Gasteiger partial charge in [0, 0.05) is 0 Å². The van der Waals surface area contributed by atoms with Crippen molar-refractivity contribution in [2.75, 3.05) is 6.54 Å². The van der Waals surface area contributed by atoms with Crippen LogP contribution < -0.4 is 5.73 Å². The lowest BCUT2D eigenvalue weighted by atomic mass is 9.81. The summed E-state index contributed by atoms with van der Waals surface area (Å²) >= 11 is 0. The molecule has 3 N–H and O–H groups in total. The summed E-state index contributed by atoms with van der Waals surface area (Å²) in [4.78, 5) is 0. The Bertz CT molecular complexity index is 130. The van der Waals surface area contributed by atoms with Crippen LogP contribution in [-0.2, 0) is 0 Å². The Morgan fingerprint density at radius 3 is 2.31 bits per heavy atom. The van der Waals surface area contributed by atoms with E-state index in [1.807, 2.05) is 0 Å². The molecular weight excluding hydrogens is 162 g/mol. The maximum atomic E-state index is 10.1. The summed E-state index contributed by atoms with van der Waals surface area (Å²) in [5, 5.41) is 10.1. The number of hydrogen-bond acceptors (Lipinski definition) is 2. The maximum absolute atomic E-state index is 10.1. The molecule has 0 atom stereocenters. The highest BCUT2D eigenvalue weighted by molar-refractivity contribution is 4.81. The molecule has 2 nitrogen and oxygen atoms in total. The van der Waals surface area contributed by atoms with Crippen LogP contribution in [-0.4, -0.2) is 17.3 Å². The van der Waals surface area contributed by atoms with Gasteiger partial charge in [-0.2, -0.15) is 0 Å². The highest BCUT2D eigenvalue weighted by Gasteiger charge is 2.27. The van der Waals surface area contributed by atoms with E-state index >= 15 is 0 Å². The number of aliphatic hydroxyl groups is 1. The molecule has 0 aromatic carbocycles. The summed E-state index contributed by atoms with van der Waals surface area (Å²) in [6.45, 7) is 0.790. The largest absolute Gasteiger partial charge is 0.390 e. The topological polar surface area (TPSA) is 46.2 Å². The van der Waals surface area contributed by atoms with E-state index in [4.69, 9.17) is 5.73 Å². The zero-order chi connectivity index (χ0) is 9.57. The molecule has 1 aliphatic carbocycles. The summed E-state index contributed by atoms with van der Waals surface area (Å²) in [7, 11) is 0. The molecule has 0 spiro atoms. The van der Waals surface area contributed by atoms with Crippen LogP contribution in [0.1, 0.15) is 57.8 Å². The van der Waals surface area contributed by atoms with Crippen molar-refractivity contribution in [3.63, 3.8) is 0 Å². The van der Waals surface area contributed by atoms with Crippen LogP contribution >= 0.6 is 0 Å². The van der Waals surface area contributed by atoms with E-state index in [2.05, 4.69) is 0 Å². The van der Waals surface area contributed by atoms with Gasteiger partial charge in [-0.3, -0.25) is 0 Å². The van der Waals surface area contributed by atoms with Crippen molar-refractivity contribution >= 4 is 0 Å². The summed E-state index contributed by atoms with van der Waals surface area (Å²) in [5.74, 6) is 0. The SMILES string of the molecule is NCCCCCC1(O)CCCCC1. The van der Waals surface area contributed by atoms with Gasteiger partial charge in [0.15, 0.2) is 0 Å². The number of rotatable bonds is 5. The van der Waals surface area contributed by atoms with Crippen LogP contribution in [0.3, 0.4) is 0 Å². The highest BCUT2D eigenvalue weighted by atomic mass is 16.3. The second kappa shape index (κ2) is 5.61. The fourth-order valence-corrected chi connectivity index (χ4v) is 2.24. The monoisotopic (exact) mass is 185 g/mol. The van der Waals surface area contributed by atoms with Crippen molar-refractivity contribution in [3.8, 4) is 0 Å². The summed E-state index contributed by atoms with van der Waals surface area (Å²) in [5.41, 5.74) is 5.11. The Kier molecular flexibility index (Phi) is 4.74. The van der Waals surface area contributed by atoms with E-state index in [-0.39, 0.29) is 5.60 Å². The Hall–Kier alpha value is -0.0800.